The van der Waals surface area contributed by atoms with Crippen molar-refractivity contribution in [1.29, 1.82) is 5.41 Å². The van der Waals surface area contributed by atoms with Crippen LogP contribution in [0, 0.1) is 25.2 Å². The maximum atomic E-state index is 12.7. The third kappa shape index (κ3) is 3.51. The molecular weight excluding hydrogens is 441 g/mol. The van der Waals surface area contributed by atoms with Crippen molar-refractivity contribution in [2.45, 2.75) is 27.7 Å². The van der Waals surface area contributed by atoms with E-state index in [9.17, 15) is 4.79 Å². The molecule has 2 aliphatic rings. The second-order valence-corrected chi connectivity index (χ2v) is 9.18. The molecule has 0 saturated heterocycles. The van der Waals surface area contributed by atoms with Crippen molar-refractivity contribution in [2.24, 2.45) is 16.0 Å². The fourth-order valence-corrected chi connectivity index (χ4v) is 4.54. The Kier molecular flexibility index (Phi) is 5.38. The van der Waals surface area contributed by atoms with E-state index in [4.69, 9.17) is 28.6 Å². The highest BCUT2D eigenvalue weighted by Gasteiger charge is 2.36. The van der Waals surface area contributed by atoms with E-state index >= 15 is 0 Å². The van der Waals surface area contributed by atoms with Crippen LogP contribution in [0.25, 0.3) is 11.8 Å². The number of rotatable bonds is 3. The summed E-state index contributed by atoms with van der Waals surface area (Å²) in [6.07, 6.45) is 1.70. The third-order valence-electron chi connectivity index (χ3n) is 4.90. The van der Waals surface area contributed by atoms with Crippen LogP contribution in [0.2, 0.25) is 10.0 Å². The molecule has 2 aromatic rings. The SMILES string of the molecule is Cc1cc(C=C2C(=N)N3N=C(C(C)C)SC3=NC2=O)c(C)n1-c1ccc(Cl)c(Cl)c1. The van der Waals surface area contributed by atoms with Gasteiger partial charge in [0.2, 0.25) is 5.17 Å². The van der Waals surface area contributed by atoms with Crippen molar-refractivity contribution in [2.75, 3.05) is 0 Å². The first-order chi connectivity index (χ1) is 14.2. The number of nitrogens with one attached hydrogen (secondary N) is 1. The zero-order chi connectivity index (χ0) is 21.7. The Morgan fingerprint density at radius 1 is 1.17 bits per heavy atom. The lowest BCUT2D eigenvalue weighted by molar-refractivity contribution is -0.114. The first kappa shape index (κ1) is 20.9. The van der Waals surface area contributed by atoms with Crippen molar-refractivity contribution in [3.05, 3.63) is 56.8 Å². The van der Waals surface area contributed by atoms with Gasteiger partial charge in [0.15, 0.2) is 5.84 Å². The predicted molar refractivity (Wildman–Crippen MR) is 125 cm³/mol. The molecule has 0 spiro atoms. The van der Waals surface area contributed by atoms with E-state index in [-0.39, 0.29) is 17.3 Å². The summed E-state index contributed by atoms with van der Waals surface area (Å²) in [6.45, 7) is 7.96. The number of halogens is 2. The van der Waals surface area contributed by atoms with Crippen molar-refractivity contribution in [1.82, 2.24) is 9.58 Å². The molecule has 3 heterocycles. The lowest BCUT2D eigenvalue weighted by Gasteiger charge is -2.20. The number of carbonyl (C=O) groups is 1. The third-order valence-corrected chi connectivity index (χ3v) is 6.84. The molecule has 1 aromatic carbocycles. The highest BCUT2D eigenvalue weighted by atomic mass is 35.5. The number of aromatic nitrogens is 1. The molecule has 0 atom stereocenters. The van der Waals surface area contributed by atoms with Crippen LogP contribution in [0.1, 0.15) is 30.8 Å². The van der Waals surface area contributed by atoms with Crippen molar-refractivity contribution < 1.29 is 4.79 Å². The lowest BCUT2D eigenvalue weighted by atomic mass is 10.1. The van der Waals surface area contributed by atoms with Crippen LogP contribution in [-0.4, -0.2) is 31.5 Å². The Morgan fingerprint density at radius 3 is 2.57 bits per heavy atom. The Labute approximate surface area is 188 Å². The summed E-state index contributed by atoms with van der Waals surface area (Å²) in [5.74, 6) is -0.199. The number of thioether (sulfide) groups is 1. The Bertz CT molecular complexity index is 1190. The number of aryl methyl sites for hydroxylation is 1. The van der Waals surface area contributed by atoms with E-state index in [2.05, 4.69) is 10.1 Å². The fraction of sp³-hybridized carbons (Fsp3) is 0.238. The molecule has 1 N–H and O–H groups in total. The van der Waals surface area contributed by atoms with Crippen molar-refractivity contribution in [3.8, 4) is 5.69 Å². The van der Waals surface area contributed by atoms with Gasteiger partial charge in [-0.05, 0) is 61.5 Å². The monoisotopic (exact) mass is 459 g/mol. The highest BCUT2D eigenvalue weighted by Crippen LogP contribution is 2.32. The van der Waals surface area contributed by atoms with Crippen LogP contribution in [0.4, 0.5) is 0 Å². The van der Waals surface area contributed by atoms with Crippen LogP contribution >= 0.6 is 35.0 Å². The van der Waals surface area contributed by atoms with Gasteiger partial charge in [0.05, 0.1) is 15.6 Å². The molecule has 0 saturated carbocycles. The van der Waals surface area contributed by atoms with E-state index in [0.717, 1.165) is 27.7 Å². The van der Waals surface area contributed by atoms with E-state index in [1.165, 1.54) is 16.8 Å². The molecule has 6 nitrogen and oxygen atoms in total. The Hall–Kier alpha value is -2.35. The zero-order valence-electron chi connectivity index (χ0n) is 16.8. The van der Waals surface area contributed by atoms with E-state index < -0.39 is 5.91 Å². The molecule has 2 aliphatic heterocycles. The number of aliphatic imine (C=N–C) groups is 1. The van der Waals surface area contributed by atoms with Crippen molar-refractivity contribution in [3.63, 3.8) is 0 Å². The number of amidine groups is 2. The average molecular weight is 460 g/mol. The zero-order valence-corrected chi connectivity index (χ0v) is 19.2. The summed E-state index contributed by atoms with van der Waals surface area (Å²) in [4.78, 5) is 16.8. The summed E-state index contributed by atoms with van der Waals surface area (Å²) in [6, 6.07) is 7.41. The normalized spacial score (nSPS) is 17.7. The summed E-state index contributed by atoms with van der Waals surface area (Å²) in [7, 11) is 0. The van der Waals surface area contributed by atoms with Crippen LogP contribution in [0.3, 0.4) is 0 Å². The van der Waals surface area contributed by atoms with Gasteiger partial charge in [-0.2, -0.15) is 15.1 Å². The maximum Gasteiger partial charge on any atom is 0.283 e. The van der Waals surface area contributed by atoms with E-state index in [1.54, 1.807) is 18.2 Å². The summed E-state index contributed by atoms with van der Waals surface area (Å²) in [5.41, 5.74) is 3.79. The van der Waals surface area contributed by atoms with Gasteiger partial charge >= 0.3 is 0 Å². The average Bonchev–Trinajstić information content (AvgIpc) is 3.22. The molecular formula is C21H19Cl2N5OS. The molecule has 0 fully saturated rings. The van der Waals surface area contributed by atoms with Crippen LogP contribution in [0.15, 0.2) is 39.9 Å². The second kappa shape index (κ2) is 7.72. The second-order valence-electron chi connectivity index (χ2n) is 7.37. The topological polar surface area (TPSA) is 73.8 Å². The molecule has 0 aliphatic carbocycles. The molecule has 1 amide bonds. The Balaban J connectivity index is 1.75. The summed E-state index contributed by atoms with van der Waals surface area (Å²) >= 11 is 13.6. The lowest BCUT2D eigenvalue weighted by Crippen LogP contribution is -2.35. The number of carbonyl (C=O) groups excluding carboxylic acids is 1. The van der Waals surface area contributed by atoms with Crippen molar-refractivity contribution >= 4 is 63.0 Å². The van der Waals surface area contributed by atoms with Gasteiger partial charge in [0.1, 0.15) is 5.04 Å². The Morgan fingerprint density at radius 2 is 1.90 bits per heavy atom. The molecule has 4 rings (SSSR count). The van der Waals surface area contributed by atoms with E-state index in [1.807, 2.05) is 44.4 Å². The molecule has 30 heavy (non-hydrogen) atoms. The van der Waals surface area contributed by atoms with Crippen LogP contribution < -0.4 is 0 Å². The molecule has 154 valence electrons. The van der Waals surface area contributed by atoms with Gasteiger partial charge in [-0.15, -0.1) is 0 Å². The standard InChI is InChI=1S/C21H19Cl2N5OS/c1-10(2)20-26-28-18(24)15(19(29)25-21(28)30-20)8-13-7-11(3)27(12(13)4)14-5-6-16(22)17(23)9-14/h5-10,24H,1-4H3. The molecule has 0 unspecified atom stereocenters. The smallest absolute Gasteiger partial charge is 0.283 e. The molecule has 0 bridgehead atoms. The van der Waals surface area contributed by atoms with Crippen LogP contribution in [0.5, 0.6) is 0 Å². The van der Waals surface area contributed by atoms with Gasteiger partial charge in [0, 0.05) is 23.0 Å². The minimum absolute atomic E-state index is 0.0347. The van der Waals surface area contributed by atoms with E-state index in [0.29, 0.717) is 15.2 Å². The molecule has 9 heteroatoms. The number of benzene rings is 1. The molecule has 0 radical (unpaired) electrons. The number of hydrazone groups is 1. The van der Waals surface area contributed by atoms with Gasteiger partial charge in [-0.25, -0.2) is 0 Å². The number of amides is 1. The number of nitrogens with zero attached hydrogens (tertiary/aromatic N) is 4. The highest BCUT2D eigenvalue weighted by molar-refractivity contribution is 8.27. The quantitative estimate of drug-likeness (QED) is 0.600. The minimum atomic E-state index is -0.432. The molecule has 1 aromatic heterocycles. The van der Waals surface area contributed by atoms with Gasteiger partial charge in [0.25, 0.3) is 5.91 Å². The number of hydrogen-bond acceptors (Lipinski definition) is 4. The fourth-order valence-electron chi connectivity index (χ4n) is 3.35. The first-order valence-corrected chi connectivity index (χ1v) is 10.9. The minimum Gasteiger partial charge on any atom is -0.318 e. The largest absolute Gasteiger partial charge is 0.318 e. The summed E-state index contributed by atoms with van der Waals surface area (Å²) in [5, 5.41) is 16.7. The maximum absolute atomic E-state index is 12.7. The number of fused-ring (bicyclic) bond motifs is 1. The first-order valence-electron chi connectivity index (χ1n) is 9.32. The summed E-state index contributed by atoms with van der Waals surface area (Å²) < 4.78 is 2.03. The van der Waals surface area contributed by atoms with Gasteiger partial charge in [-0.3, -0.25) is 10.2 Å². The van der Waals surface area contributed by atoms with Gasteiger partial charge < -0.3 is 4.57 Å². The van der Waals surface area contributed by atoms with Crippen LogP contribution in [-0.2, 0) is 4.79 Å². The number of hydrogen-bond donors (Lipinski definition) is 1. The predicted octanol–water partition coefficient (Wildman–Crippen LogP) is 5.68. The van der Waals surface area contributed by atoms with Gasteiger partial charge in [-0.1, -0.05) is 37.0 Å².